The molecular formula is C14H17N3O2S. The molecule has 0 aromatic carbocycles. The molecular weight excluding hydrogens is 274 g/mol. The summed E-state index contributed by atoms with van der Waals surface area (Å²) in [5, 5.41) is 14.9. The number of hydrogen-bond acceptors (Lipinski definition) is 5. The number of aryl methyl sites for hydroxylation is 1. The Morgan fingerprint density at radius 2 is 2.10 bits per heavy atom. The second kappa shape index (κ2) is 5.01. The molecule has 1 fully saturated rings. The minimum atomic E-state index is -0.878. The first kappa shape index (κ1) is 13.3. The summed E-state index contributed by atoms with van der Waals surface area (Å²) in [6.45, 7) is 2.00. The third kappa shape index (κ3) is 2.14. The van der Waals surface area contributed by atoms with Gasteiger partial charge in [0.1, 0.15) is 17.7 Å². The molecule has 0 spiro atoms. The number of aromatic nitrogens is 2. The van der Waals surface area contributed by atoms with Gasteiger partial charge in [0.05, 0.1) is 10.2 Å². The molecule has 0 amide bonds. The zero-order chi connectivity index (χ0) is 14.2. The van der Waals surface area contributed by atoms with E-state index >= 15 is 0 Å². The first-order valence-corrected chi connectivity index (χ1v) is 7.71. The number of thiophene rings is 1. The van der Waals surface area contributed by atoms with Crippen molar-refractivity contribution in [3.05, 3.63) is 17.3 Å². The van der Waals surface area contributed by atoms with E-state index in [4.69, 9.17) is 0 Å². The Hall–Kier alpha value is -1.69. The lowest BCUT2D eigenvalue weighted by Crippen LogP contribution is -2.48. The van der Waals surface area contributed by atoms with Gasteiger partial charge in [0.15, 0.2) is 0 Å². The van der Waals surface area contributed by atoms with E-state index in [2.05, 4.69) is 15.3 Å². The van der Waals surface area contributed by atoms with Crippen LogP contribution in [0.3, 0.4) is 0 Å². The highest BCUT2D eigenvalue weighted by atomic mass is 32.1. The van der Waals surface area contributed by atoms with Gasteiger partial charge in [0, 0.05) is 0 Å². The van der Waals surface area contributed by atoms with Crippen molar-refractivity contribution in [1.29, 1.82) is 0 Å². The fourth-order valence-electron chi connectivity index (χ4n) is 2.83. The average Bonchev–Trinajstić information content (AvgIpc) is 2.83. The van der Waals surface area contributed by atoms with E-state index in [0.29, 0.717) is 18.7 Å². The molecule has 0 unspecified atom stereocenters. The monoisotopic (exact) mass is 291 g/mol. The Morgan fingerprint density at radius 3 is 2.80 bits per heavy atom. The van der Waals surface area contributed by atoms with E-state index in [1.165, 1.54) is 6.33 Å². The van der Waals surface area contributed by atoms with Crippen LogP contribution in [0.1, 0.15) is 37.7 Å². The number of hydrogen-bond donors (Lipinski definition) is 2. The number of anilines is 1. The van der Waals surface area contributed by atoms with Gasteiger partial charge in [0.25, 0.3) is 0 Å². The van der Waals surface area contributed by atoms with Gasteiger partial charge in [-0.3, -0.25) is 0 Å². The van der Waals surface area contributed by atoms with Crippen LogP contribution in [0, 0.1) is 6.92 Å². The third-order valence-corrected chi connectivity index (χ3v) is 5.10. The lowest BCUT2D eigenvalue weighted by atomic mass is 9.81. The van der Waals surface area contributed by atoms with Gasteiger partial charge in [-0.1, -0.05) is 19.3 Å². The summed E-state index contributed by atoms with van der Waals surface area (Å²) in [4.78, 5) is 20.3. The van der Waals surface area contributed by atoms with Crippen LogP contribution in [0.15, 0.2) is 11.7 Å². The van der Waals surface area contributed by atoms with Crippen LogP contribution in [0.2, 0.25) is 0 Å². The van der Waals surface area contributed by atoms with E-state index < -0.39 is 11.5 Å². The smallest absolute Gasteiger partial charge is 0.329 e. The van der Waals surface area contributed by atoms with Crippen molar-refractivity contribution in [2.75, 3.05) is 5.32 Å². The zero-order valence-corrected chi connectivity index (χ0v) is 12.2. The first-order chi connectivity index (χ1) is 9.62. The average molecular weight is 291 g/mol. The third-order valence-electron chi connectivity index (χ3n) is 4.01. The number of rotatable bonds is 3. The Bertz CT molecular complexity index is 647. The SMILES string of the molecule is Cc1csc2c(NC3(C(=O)O)CCCCC3)ncnc12. The Labute approximate surface area is 121 Å². The number of nitrogens with zero attached hydrogens (tertiary/aromatic N) is 2. The van der Waals surface area contributed by atoms with Crippen LogP contribution in [-0.2, 0) is 4.79 Å². The van der Waals surface area contributed by atoms with Crippen LogP contribution in [0.25, 0.3) is 10.2 Å². The predicted molar refractivity (Wildman–Crippen MR) is 79.2 cm³/mol. The van der Waals surface area contributed by atoms with Gasteiger partial charge in [0.2, 0.25) is 0 Å². The van der Waals surface area contributed by atoms with Crippen molar-refractivity contribution in [2.24, 2.45) is 0 Å². The van der Waals surface area contributed by atoms with Crippen molar-refractivity contribution in [3.8, 4) is 0 Å². The van der Waals surface area contributed by atoms with Gasteiger partial charge >= 0.3 is 5.97 Å². The highest BCUT2D eigenvalue weighted by Gasteiger charge is 2.40. The molecule has 6 heteroatoms. The van der Waals surface area contributed by atoms with Crippen LogP contribution < -0.4 is 5.32 Å². The number of fused-ring (bicyclic) bond motifs is 1. The number of carboxylic acid groups (broad SMARTS) is 1. The number of aliphatic carboxylic acids is 1. The van der Waals surface area contributed by atoms with Gasteiger partial charge in [-0.05, 0) is 30.7 Å². The molecule has 2 N–H and O–H groups in total. The van der Waals surface area contributed by atoms with E-state index in [-0.39, 0.29) is 0 Å². The van der Waals surface area contributed by atoms with E-state index in [1.807, 2.05) is 12.3 Å². The Morgan fingerprint density at radius 1 is 1.35 bits per heavy atom. The largest absolute Gasteiger partial charge is 0.480 e. The highest BCUT2D eigenvalue weighted by Crippen LogP contribution is 2.35. The van der Waals surface area contributed by atoms with Crippen LogP contribution >= 0.6 is 11.3 Å². The quantitative estimate of drug-likeness (QED) is 0.908. The summed E-state index contributed by atoms with van der Waals surface area (Å²) in [7, 11) is 0. The fourth-order valence-corrected chi connectivity index (χ4v) is 3.78. The van der Waals surface area contributed by atoms with Crippen molar-refractivity contribution in [3.63, 3.8) is 0 Å². The molecule has 2 aromatic heterocycles. The molecule has 1 aliphatic carbocycles. The number of nitrogens with one attached hydrogen (secondary N) is 1. The van der Waals surface area contributed by atoms with Crippen molar-refractivity contribution < 1.29 is 9.90 Å². The molecule has 0 radical (unpaired) electrons. The molecule has 106 valence electrons. The molecule has 0 atom stereocenters. The van der Waals surface area contributed by atoms with Crippen molar-refractivity contribution in [2.45, 2.75) is 44.6 Å². The van der Waals surface area contributed by atoms with Gasteiger partial charge in [-0.25, -0.2) is 14.8 Å². The lowest BCUT2D eigenvalue weighted by molar-refractivity contribution is -0.143. The standard InChI is InChI=1S/C14H17N3O2S/c1-9-7-20-11-10(9)15-8-16-12(11)17-14(13(18)19)5-3-2-4-6-14/h7-8H,2-6H2,1H3,(H,18,19)(H,15,16,17). The van der Waals surface area contributed by atoms with Crippen LogP contribution in [-0.4, -0.2) is 26.6 Å². The van der Waals surface area contributed by atoms with Gasteiger partial charge in [-0.15, -0.1) is 11.3 Å². The highest BCUT2D eigenvalue weighted by molar-refractivity contribution is 7.18. The maximum absolute atomic E-state index is 11.7. The molecule has 2 heterocycles. The summed E-state index contributed by atoms with van der Waals surface area (Å²) in [6, 6.07) is 0. The summed E-state index contributed by atoms with van der Waals surface area (Å²) in [5.41, 5.74) is 1.13. The summed E-state index contributed by atoms with van der Waals surface area (Å²) in [5.74, 6) is -0.130. The fraction of sp³-hybridized carbons (Fsp3) is 0.500. The first-order valence-electron chi connectivity index (χ1n) is 6.83. The predicted octanol–water partition coefficient (Wildman–Crippen LogP) is 3.20. The molecule has 0 saturated heterocycles. The Balaban J connectivity index is 2.00. The lowest BCUT2D eigenvalue weighted by Gasteiger charge is -2.34. The maximum Gasteiger partial charge on any atom is 0.329 e. The summed E-state index contributed by atoms with van der Waals surface area (Å²) in [6.07, 6.45) is 5.79. The minimum absolute atomic E-state index is 0.650. The second-order valence-corrected chi connectivity index (χ2v) is 6.27. The van der Waals surface area contributed by atoms with Crippen LogP contribution in [0.4, 0.5) is 5.82 Å². The Kier molecular flexibility index (Phi) is 3.33. The topological polar surface area (TPSA) is 75.1 Å². The summed E-state index contributed by atoms with van der Waals surface area (Å²) < 4.78 is 0.941. The number of carbonyl (C=O) groups is 1. The zero-order valence-electron chi connectivity index (χ0n) is 11.3. The minimum Gasteiger partial charge on any atom is -0.480 e. The normalized spacial score (nSPS) is 18.1. The van der Waals surface area contributed by atoms with E-state index in [1.54, 1.807) is 11.3 Å². The molecule has 0 bridgehead atoms. The number of carboxylic acids is 1. The molecule has 5 nitrogen and oxygen atoms in total. The molecule has 3 rings (SSSR count). The molecule has 2 aromatic rings. The second-order valence-electron chi connectivity index (χ2n) is 5.39. The molecule has 1 saturated carbocycles. The van der Waals surface area contributed by atoms with E-state index in [0.717, 1.165) is 35.0 Å². The summed E-state index contributed by atoms with van der Waals surface area (Å²) >= 11 is 1.56. The molecule has 20 heavy (non-hydrogen) atoms. The molecule has 0 aliphatic heterocycles. The van der Waals surface area contributed by atoms with Gasteiger partial charge < -0.3 is 10.4 Å². The maximum atomic E-state index is 11.7. The van der Waals surface area contributed by atoms with Crippen molar-refractivity contribution >= 4 is 33.3 Å². The van der Waals surface area contributed by atoms with Crippen molar-refractivity contribution in [1.82, 2.24) is 9.97 Å². The molecule has 1 aliphatic rings. The van der Waals surface area contributed by atoms with Gasteiger partial charge in [-0.2, -0.15) is 0 Å². The van der Waals surface area contributed by atoms with E-state index in [9.17, 15) is 9.90 Å². The van der Waals surface area contributed by atoms with Crippen LogP contribution in [0.5, 0.6) is 0 Å².